The molecule has 0 radical (unpaired) electrons. The predicted molar refractivity (Wildman–Crippen MR) is 217 cm³/mol. The first-order valence-electron chi connectivity index (χ1n) is 19.9. The number of fused-ring (bicyclic) bond motifs is 2. The summed E-state index contributed by atoms with van der Waals surface area (Å²) < 4.78 is 31.2. The van der Waals surface area contributed by atoms with E-state index in [1.54, 1.807) is 36.4 Å². The Morgan fingerprint density at radius 2 is 1.21 bits per heavy atom. The van der Waals surface area contributed by atoms with Gasteiger partial charge in [-0.3, -0.25) is 4.90 Å². The first-order valence-corrected chi connectivity index (χ1v) is 19.9. The Bertz CT molecular complexity index is 2630. The summed E-state index contributed by atoms with van der Waals surface area (Å²) in [5, 5.41) is 35.4. The van der Waals surface area contributed by atoms with Gasteiger partial charge in [0.15, 0.2) is 0 Å². The van der Waals surface area contributed by atoms with Crippen molar-refractivity contribution in [2.45, 2.75) is 75.8 Å². The van der Waals surface area contributed by atoms with Gasteiger partial charge in [0.1, 0.15) is 11.9 Å². The van der Waals surface area contributed by atoms with Crippen LogP contribution in [0.1, 0.15) is 31.2 Å². The fourth-order valence-corrected chi connectivity index (χ4v) is 7.52. The number of epoxide rings is 1. The first kappa shape index (κ1) is 41.0. The number of rotatable bonds is 12. The number of tetrazole rings is 3. The number of piperidine rings is 1. The maximum atomic E-state index is 13.9. The van der Waals surface area contributed by atoms with Crippen molar-refractivity contribution in [2.75, 3.05) is 13.2 Å². The summed E-state index contributed by atoms with van der Waals surface area (Å²) in [5.74, 6) is -0.236. The van der Waals surface area contributed by atoms with Crippen molar-refractivity contribution in [3.63, 3.8) is 0 Å². The van der Waals surface area contributed by atoms with E-state index in [0.29, 0.717) is 48.7 Å². The fourth-order valence-electron chi connectivity index (χ4n) is 7.52. The average Bonchev–Trinajstić information content (AvgIpc) is 3.61. The number of H-pyrrole nitrogens is 1. The van der Waals surface area contributed by atoms with Gasteiger partial charge in [0, 0.05) is 24.2 Å². The lowest BCUT2D eigenvalue weighted by Gasteiger charge is -2.39. The molecule has 2 bridgehead atoms. The Labute approximate surface area is 347 Å². The number of aliphatic hydroxyl groups is 1. The normalized spacial score (nSPS) is 19.6. The third kappa shape index (κ3) is 10.2. The lowest BCUT2D eigenvalue weighted by atomic mass is 9.99. The molecule has 0 spiro atoms. The van der Waals surface area contributed by atoms with Gasteiger partial charge in [-0.2, -0.15) is 23.4 Å². The van der Waals surface area contributed by atoms with E-state index >= 15 is 0 Å². The molecule has 316 valence electrons. The van der Waals surface area contributed by atoms with E-state index in [0.717, 1.165) is 31.4 Å². The van der Waals surface area contributed by atoms with Gasteiger partial charge in [-0.1, -0.05) is 72.8 Å². The highest BCUT2D eigenvalue weighted by atomic mass is 19.1. The van der Waals surface area contributed by atoms with Crippen LogP contribution < -0.4 is 17.1 Å². The molecule has 0 saturated carbocycles. The Hall–Kier alpha value is -6.74. The molecular weight excluding hydrogens is 790 g/mol. The number of aromatic nitrogens is 12. The second-order valence-electron chi connectivity index (χ2n) is 14.8. The minimum atomic E-state index is -0.734. The van der Waals surface area contributed by atoms with Crippen LogP contribution in [0.25, 0.3) is 17.1 Å². The smallest absolute Gasteiger partial charge is 0.368 e. The van der Waals surface area contributed by atoms with E-state index < -0.39 is 6.10 Å². The van der Waals surface area contributed by atoms with Crippen molar-refractivity contribution >= 4 is 0 Å². The zero-order valence-electron chi connectivity index (χ0n) is 33.0. The average molecular weight is 834 g/mol. The Kier molecular flexibility index (Phi) is 12.8. The van der Waals surface area contributed by atoms with Crippen LogP contribution in [0.4, 0.5) is 4.39 Å². The van der Waals surface area contributed by atoms with Crippen molar-refractivity contribution in [1.82, 2.24) is 64.7 Å². The van der Waals surface area contributed by atoms with Gasteiger partial charge in [-0.05, 0) is 99.4 Å². The highest BCUT2D eigenvalue weighted by molar-refractivity contribution is 5.30. The molecule has 6 heterocycles. The second kappa shape index (κ2) is 19.1. The highest BCUT2D eigenvalue weighted by Crippen LogP contribution is 2.37. The van der Waals surface area contributed by atoms with Crippen LogP contribution in [0.3, 0.4) is 0 Å². The van der Waals surface area contributed by atoms with Gasteiger partial charge in [0.25, 0.3) is 0 Å². The number of hydrogen-bond donors (Lipinski definition) is 2. The zero-order valence-corrected chi connectivity index (χ0v) is 33.0. The molecule has 3 aromatic heterocycles. The third-order valence-electron chi connectivity index (χ3n) is 10.6. The van der Waals surface area contributed by atoms with Gasteiger partial charge in [0.2, 0.25) is 0 Å². The molecule has 3 saturated heterocycles. The molecule has 3 fully saturated rings. The highest BCUT2D eigenvalue weighted by Gasteiger charge is 2.41. The topological polar surface area (TPSA) is 214 Å². The van der Waals surface area contributed by atoms with E-state index in [9.17, 15) is 23.9 Å². The molecule has 20 heteroatoms. The number of benzene rings is 4. The van der Waals surface area contributed by atoms with Crippen molar-refractivity contribution in [2.24, 2.45) is 0 Å². The van der Waals surface area contributed by atoms with E-state index in [-0.39, 0.29) is 48.2 Å². The van der Waals surface area contributed by atoms with Crippen LogP contribution in [-0.2, 0) is 29.2 Å². The van der Waals surface area contributed by atoms with Gasteiger partial charge >= 0.3 is 17.1 Å². The molecule has 0 amide bonds. The minimum absolute atomic E-state index is 0.0869. The molecule has 4 aromatic carbocycles. The zero-order chi connectivity index (χ0) is 42.1. The number of nitrogens with zero attached hydrogens (tertiary/aromatic N) is 12. The maximum Gasteiger partial charge on any atom is 0.368 e. The number of para-hydroxylation sites is 3. The second-order valence-corrected chi connectivity index (χ2v) is 14.8. The van der Waals surface area contributed by atoms with Gasteiger partial charge in [-0.25, -0.2) is 23.9 Å². The number of hydrogen-bond acceptors (Lipinski definition) is 13. The number of aliphatic hydroxyl groups excluding tert-OH is 1. The summed E-state index contributed by atoms with van der Waals surface area (Å²) in [6, 6.07) is 34.8. The number of aromatic amines is 1. The molecule has 61 heavy (non-hydrogen) atoms. The summed E-state index contributed by atoms with van der Waals surface area (Å²) in [7, 11) is 0. The van der Waals surface area contributed by atoms with Gasteiger partial charge in [0.05, 0.1) is 55.6 Å². The van der Waals surface area contributed by atoms with Crippen LogP contribution in [0, 0.1) is 5.82 Å². The number of ether oxygens (including phenoxy) is 2. The Balaban J connectivity index is 0.000000150. The Morgan fingerprint density at radius 3 is 1.75 bits per heavy atom. The SMILES string of the molecule is O=c1[nH]nnn1-c1ccccc1.O=c1n(CC(O)CN2C3CCC2CC(OCc2ccccc2F)C3)nnn1-c1ccccc1.O=c1n(CC2CO2)nnn1-c1ccccc1. The van der Waals surface area contributed by atoms with E-state index in [1.807, 2.05) is 72.8 Å². The third-order valence-corrected chi connectivity index (χ3v) is 10.6. The Morgan fingerprint density at radius 1 is 0.689 bits per heavy atom. The molecule has 3 aliphatic heterocycles. The van der Waals surface area contributed by atoms with Crippen molar-refractivity contribution < 1.29 is 19.0 Å². The molecule has 3 aliphatic rings. The summed E-state index contributed by atoms with van der Waals surface area (Å²) in [4.78, 5) is 37.8. The standard InChI is InChI=1S/C24H28FN5O3.C10H10N4O2.C7H6N4O/c25-23-9-5-4-6-17(23)16-33-22-12-19-10-11-20(13-22)28(19)14-21(31)15-29-24(32)30(27-26-29)18-7-2-1-3-8-18;15-10-13(6-9-7-16-9)11-12-14(10)8-4-2-1-3-5-8;12-7-8-9-10-11(7)6-4-2-1-3-5-6/h1-9,19-22,31H,10-16H2;1-5,9H,6-7H2;1-5H,(H,8,10,12). The minimum Gasteiger partial charge on any atom is -0.390 e. The monoisotopic (exact) mass is 833 g/mol. The van der Waals surface area contributed by atoms with E-state index in [4.69, 9.17) is 9.47 Å². The quantitative estimate of drug-likeness (QED) is 0.169. The molecule has 2 N–H and O–H groups in total. The molecule has 4 unspecified atom stereocenters. The summed E-state index contributed by atoms with van der Waals surface area (Å²) in [6.45, 7) is 2.02. The molecule has 10 rings (SSSR count). The molecule has 7 aromatic rings. The largest absolute Gasteiger partial charge is 0.390 e. The molecule has 0 aliphatic carbocycles. The maximum absolute atomic E-state index is 13.9. The lowest BCUT2D eigenvalue weighted by molar-refractivity contribution is -0.0409. The van der Waals surface area contributed by atoms with Crippen molar-refractivity contribution in [3.05, 3.63) is 158 Å². The molecular formula is C41H44FN13O6. The van der Waals surface area contributed by atoms with Crippen LogP contribution in [0.15, 0.2) is 130 Å². The predicted octanol–water partition coefficient (Wildman–Crippen LogP) is 1.92. The molecule has 19 nitrogen and oxygen atoms in total. The van der Waals surface area contributed by atoms with E-state index in [1.165, 1.54) is 29.5 Å². The van der Waals surface area contributed by atoms with Gasteiger partial charge in [-0.15, -0.1) is 0 Å². The lowest BCUT2D eigenvalue weighted by Crippen LogP contribution is -2.49. The summed E-state index contributed by atoms with van der Waals surface area (Å²) in [5.41, 5.74) is 1.70. The summed E-state index contributed by atoms with van der Waals surface area (Å²) in [6.07, 6.45) is 3.32. The first-order chi connectivity index (χ1) is 29.8. The summed E-state index contributed by atoms with van der Waals surface area (Å²) >= 11 is 0. The molecule has 4 atom stereocenters. The number of halogens is 1. The number of nitrogens with one attached hydrogen (secondary N) is 1. The fraction of sp³-hybridized carbons (Fsp3) is 0.341. The van der Waals surface area contributed by atoms with Crippen molar-refractivity contribution in [3.8, 4) is 17.1 Å². The van der Waals surface area contributed by atoms with E-state index in [2.05, 4.69) is 41.3 Å². The van der Waals surface area contributed by atoms with Crippen molar-refractivity contribution in [1.29, 1.82) is 0 Å². The van der Waals surface area contributed by atoms with Crippen LogP contribution >= 0.6 is 0 Å². The van der Waals surface area contributed by atoms with Crippen LogP contribution in [0.2, 0.25) is 0 Å². The van der Waals surface area contributed by atoms with Gasteiger partial charge < -0.3 is 14.6 Å². The van der Waals surface area contributed by atoms with Crippen LogP contribution in [0.5, 0.6) is 0 Å². The van der Waals surface area contributed by atoms with Crippen LogP contribution in [-0.4, -0.2) is 113 Å².